The first-order valence-electron chi connectivity index (χ1n) is 5.88. The van der Waals surface area contributed by atoms with Gasteiger partial charge < -0.3 is 5.11 Å². The van der Waals surface area contributed by atoms with E-state index in [1.54, 1.807) is 24.0 Å². The highest BCUT2D eigenvalue weighted by molar-refractivity contribution is 9.10. The Morgan fingerprint density at radius 2 is 2.05 bits per heavy atom. The second-order valence-electron chi connectivity index (χ2n) is 3.99. The van der Waals surface area contributed by atoms with Crippen LogP contribution < -0.4 is 0 Å². The number of aliphatic carboxylic acids is 1. The van der Waals surface area contributed by atoms with Crippen LogP contribution in [0.1, 0.15) is 11.1 Å². The van der Waals surface area contributed by atoms with Crippen molar-refractivity contribution in [2.45, 2.75) is 10.8 Å². The molecule has 1 heterocycles. The van der Waals surface area contributed by atoms with Crippen LogP contribution in [0.25, 0.3) is 6.08 Å². The van der Waals surface area contributed by atoms with Crippen molar-refractivity contribution in [3.8, 4) is 0 Å². The van der Waals surface area contributed by atoms with E-state index in [-0.39, 0.29) is 0 Å². The summed E-state index contributed by atoms with van der Waals surface area (Å²) in [4.78, 5) is 14.7. The monoisotopic (exact) mass is 349 g/mol. The number of benzene rings is 1. The number of hydrogen-bond acceptors (Lipinski definition) is 3. The molecular formula is C15H12BrNO2S. The fourth-order valence-electron chi connectivity index (χ4n) is 1.52. The van der Waals surface area contributed by atoms with Crippen molar-refractivity contribution in [1.82, 2.24) is 4.98 Å². The Hall–Kier alpha value is -1.59. The highest BCUT2D eigenvalue weighted by atomic mass is 79.9. The molecule has 2 rings (SSSR count). The number of halogens is 1. The molecule has 0 aliphatic rings. The number of pyridine rings is 1. The molecular weight excluding hydrogens is 338 g/mol. The number of hydrogen-bond donors (Lipinski definition) is 1. The Bertz CT molecular complexity index is 626. The van der Waals surface area contributed by atoms with Gasteiger partial charge >= 0.3 is 5.97 Å². The van der Waals surface area contributed by atoms with Gasteiger partial charge in [0, 0.05) is 22.5 Å². The lowest BCUT2D eigenvalue weighted by atomic mass is 10.1. The summed E-state index contributed by atoms with van der Waals surface area (Å²) in [7, 11) is 0. The summed E-state index contributed by atoms with van der Waals surface area (Å²) in [5.41, 5.74) is 2.04. The van der Waals surface area contributed by atoms with Gasteiger partial charge in [0.2, 0.25) is 0 Å². The zero-order valence-corrected chi connectivity index (χ0v) is 12.9. The molecule has 1 aromatic heterocycles. The maximum atomic E-state index is 10.4. The van der Waals surface area contributed by atoms with Gasteiger partial charge in [-0.2, -0.15) is 0 Å². The predicted molar refractivity (Wildman–Crippen MR) is 84.6 cm³/mol. The van der Waals surface area contributed by atoms with E-state index in [1.165, 1.54) is 5.56 Å². The molecule has 1 N–H and O–H groups in total. The zero-order chi connectivity index (χ0) is 14.4. The van der Waals surface area contributed by atoms with Gasteiger partial charge in [-0.3, -0.25) is 0 Å². The molecule has 3 nitrogen and oxygen atoms in total. The normalized spacial score (nSPS) is 10.8. The molecule has 0 atom stereocenters. The van der Waals surface area contributed by atoms with Crippen molar-refractivity contribution in [2.24, 2.45) is 0 Å². The molecule has 0 unspecified atom stereocenters. The molecule has 5 heteroatoms. The van der Waals surface area contributed by atoms with Crippen LogP contribution in [0.2, 0.25) is 0 Å². The Kier molecular flexibility index (Phi) is 5.38. The minimum Gasteiger partial charge on any atom is -0.478 e. The van der Waals surface area contributed by atoms with Gasteiger partial charge in [-0.05, 0) is 45.3 Å². The van der Waals surface area contributed by atoms with E-state index in [2.05, 4.69) is 20.9 Å². The van der Waals surface area contributed by atoms with E-state index >= 15 is 0 Å². The first kappa shape index (κ1) is 14.8. The second kappa shape index (κ2) is 7.26. The van der Waals surface area contributed by atoms with Crippen LogP contribution in [-0.2, 0) is 10.5 Å². The van der Waals surface area contributed by atoms with E-state index in [0.717, 1.165) is 26.9 Å². The van der Waals surface area contributed by atoms with Crippen LogP contribution in [0.5, 0.6) is 0 Å². The van der Waals surface area contributed by atoms with Gasteiger partial charge in [-0.25, -0.2) is 9.78 Å². The number of carbonyl (C=O) groups is 1. The van der Waals surface area contributed by atoms with Crippen LogP contribution in [-0.4, -0.2) is 16.1 Å². The first-order valence-corrected chi connectivity index (χ1v) is 7.66. The maximum Gasteiger partial charge on any atom is 0.328 e. The molecule has 0 amide bonds. The average Bonchev–Trinajstić information content (AvgIpc) is 2.45. The van der Waals surface area contributed by atoms with E-state index < -0.39 is 5.97 Å². The second-order valence-corrected chi connectivity index (χ2v) is 5.81. The van der Waals surface area contributed by atoms with Crippen molar-refractivity contribution in [3.05, 3.63) is 64.3 Å². The lowest BCUT2D eigenvalue weighted by Gasteiger charge is -2.03. The molecule has 0 aliphatic heterocycles. The quantitative estimate of drug-likeness (QED) is 0.648. The Labute approximate surface area is 129 Å². The van der Waals surface area contributed by atoms with Gasteiger partial charge in [-0.1, -0.05) is 24.3 Å². The van der Waals surface area contributed by atoms with Crippen molar-refractivity contribution < 1.29 is 9.90 Å². The minimum absolute atomic E-state index is 0.818. The number of carboxylic acid groups (broad SMARTS) is 1. The molecule has 0 spiro atoms. The predicted octanol–water partition coefficient (Wildman–Crippen LogP) is 4.23. The van der Waals surface area contributed by atoms with Crippen LogP contribution in [0.4, 0.5) is 0 Å². The van der Waals surface area contributed by atoms with Crippen LogP contribution in [0, 0.1) is 0 Å². The highest BCUT2D eigenvalue weighted by Gasteiger charge is 2.01. The summed E-state index contributed by atoms with van der Waals surface area (Å²) in [6.07, 6.45) is 4.48. The maximum absolute atomic E-state index is 10.4. The third kappa shape index (κ3) is 4.51. The molecule has 0 aliphatic carbocycles. The number of rotatable bonds is 5. The molecule has 0 bridgehead atoms. The number of nitrogens with zero attached hydrogens (tertiary/aromatic N) is 1. The van der Waals surface area contributed by atoms with Gasteiger partial charge in [0.05, 0.1) is 0 Å². The Balaban J connectivity index is 1.97. The first-order chi connectivity index (χ1) is 9.65. The van der Waals surface area contributed by atoms with Crippen LogP contribution in [0.3, 0.4) is 0 Å². The van der Waals surface area contributed by atoms with Crippen molar-refractivity contribution in [2.75, 3.05) is 0 Å². The minimum atomic E-state index is -0.940. The molecule has 20 heavy (non-hydrogen) atoms. The summed E-state index contributed by atoms with van der Waals surface area (Å²) in [6, 6.07) is 11.6. The Morgan fingerprint density at radius 1 is 1.30 bits per heavy atom. The van der Waals surface area contributed by atoms with E-state index in [4.69, 9.17) is 5.11 Å². The standard InChI is InChI=1S/C15H12BrNO2S/c16-13-2-1-9-17-15(13)20-10-12-5-3-11(4-6-12)7-8-14(18)19/h1-9H,10H2,(H,18,19). The number of thioether (sulfide) groups is 1. The SMILES string of the molecule is O=C(O)C=Cc1ccc(CSc2ncccc2Br)cc1. The molecule has 0 fully saturated rings. The summed E-state index contributed by atoms with van der Waals surface area (Å²) < 4.78 is 0.992. The van der Waals surface area contributed by atoms with Crippen LogP contribution >= 0.6 is 27.7 Å². The lowest BCUT2D eigenvalue weighted by Crippen LogP contribution is -1.86. The molecule has 0 radical (unpaired) electrons. The third-order valence-corrected chi connectivity index (χ3v) is 4.48. The van der Waals surface area contributed by atoms with E-state index in [0.29, 0.717) is 0 Å². The summed E-state index contributed by atoms with van der Waals surface area (Å²) in [5, 5.41) is 9.52. The highest BCUT2D eigenvalue weighted by Crippen LogP contribution is 2.27. The van der Waals surface area contributed by atoms with E-state index in [9.17, 15) is 4.79 Å². The topological polar surface area (TPSA) is 50.2 Å². The summed E-state index contributed by atoms with van der Waals surface area (Å²) >= 11 is 5.12. The van der Waals surface area contributed by atoms with Gasteiger partial charge in [0.25, 0.3) is 0 Å². The van der Waals surface area contributed by atoms with Crippen LogP contribution in [0.15, 0.2) is 58.2 Å². The molecule has 2 aromatic rings. The molecule has 0 saturated carbocycles. The van der Waals surface area contributed by atoms with E-state index in [1.807, 2.05) is 36.4 Å². The third-order valence-electron chi connectivity index (χ3n) is 2.50. The fourth-order valence-corrected chi connectivity index (χ4v) is 2.96. The average molecular weight is 350 g/mol. The lowest BCUT2D eigenvalue weighted by molar-refractivity contribution is -0.131. The van der Waals surface area contributed by atoms with Gasteiger partial charge in [-0.15, -0.1) is 11.8 Å². The molecule has 1 aromatic carbocycles. The van der Waals surface area contributed by atoms with Gasteiger partial charge in [0.15, 0.2) is 0 Å². The Morgan fingerprint density at radius 3 is 2.70 bits per heavy atom. The van der Waals surface area contributed by atoms with Crippen molar-refractivity contribution in [1.29, 1.82) is 0 Å². The molecule has 0 saturated heterocycles. The zero-order valence-electron chi connectivity index (χ0n) is 10.5. The summed E-state index contributed by atoms with van der Waals surface area (Å²) in [5.74, 6) is -0.122. The molecule has 102 valence electrons. The summed E-state index contributed by atoms with van der Waals surface area (Å²) in [6.45, 7) is 0. The fraction of sp³-hybridized carbons (Fsp3) is 0.0667. The van der Waals surface area contributed by atoms with Crippen molar-refractivity contribution in [3.63, 3.8) is 0 Å². The largest absolute Gasteiger partial charge is 0.478 e. The number of carboxylic acids is 1. The van der Waals surface area contributed by atoms with Crippen molar-refractivity contribution >= 4 is 39.7 Å². The smallest absolute Gasteiger partial charge is 0.328 e. The number of aromatic nitrogens is 1. The van der Waals surface area contributed by atoms with Gasteiger partial charge in [0.1, 0.15) is 5.03 Å².